The summed E-state index contributed by atoms with van der Waals surface area (Å²) in [6, 6.07) is 8.74. The van der Waals surface area contributed by atoms with Crippen LogP contribution in [-0.2, 0) is 25.7 Å². The van der Waals surface area contributed by atoms with Crippen LogP contribution in [0, 0.1) is 0 Å². The van der Waals surface area contributed by atoms with Crippen molar-refractivity contribution in [2.45, 2.75) is 19.3 Å². The first-order chi connectivity index (χ1) is 10.4. The molecule has 1 aromatic rings. The molecule has 1 atom stereocenters. The summed E-state index contributed by atoms with van der Waals surface area (Å²) in [6.45, 7) is 0.648. The van der Waals surface area contributed by atoms with Gasteiger partial charge in [-0.1, -0.05) is 30.3 Å². The second-order valence-electron chi connectivity index (χ2n) is 4.24. The monoisotopic (exact) mass is 310 g/mol. The molecule has 1 rings (SSSR count). The number of carbonyl (C=O) groups is 3. The molecule has 0 heterocycles. The first kappa shape index (κ1) is 17.6. The van der Waals surface area contributed by atoms with Gasteiger partial charge in [0, 0.05) is 0 Å². The fourth-order valence-corrected chi connectivity index (χ4v) is 1.52. The average Bonchev–Trinajstić information content (AvgIpc) is 2.53. The summed E-state index contributed by atoms with van der Waals surface area (Å²) in [5, 5.41) is 11.8. The zero-order valence-electron chi connectivity index (χ0n) is 12.1. The summed E-state index contributed by atoms with van der Waals surface area (Å²) >= 11 is 0. The molecule has 0 saturated heterocycles. The van der Waals surface area contributed by atoms with Crippen LogP contribution in [-0.4, -0.2) is 41.8 Å². The first-order valence-electron chi connectivity index (χ1n) is 6.55. The molecule has 1 aromatic carbocycles. The first-order valence-corrected chi connectivity index (χ1v) is 6.55. The minimum absolute atomic E-state index is 0.0836. The number of ketones is 1. The summed E-state index contributed by atoms with van der Waals surface area (Å²) in [5.74, 6) is -2.43. The van der Waals surface area contributed by atoms with Crippen LogP contribution >= 0.6 is 0 Å². The van der Waals surface area contributed by atoms with E-state index in [0.717, 1.165) is 0 Å². The van der Waals surface area contributed by atoms with Crippen molar-refractivity contribution in [3.05, 3.63) is 35.9 Å². The van der Waals surface area contributed by atoms with Crippen molar-refractivity contribution in [2.24, 2.45) is 5.73 Å². The number of rotatable bonds is 7. The highest BCUT2D eigenvalue weighted by Crippen LogP contribution is 2.07. The summed E-state index contributed by atoms with van der Waals surface area (Å²) in [6.07, 6.45) is -1.15. The van der Waals surface area contributed by atoms with E-state index in [1.807, 2.05) is 0 Å². The van der Waals surface area contributed by atoms with Gasteiger partial charge in [0.2, 0.25) is 5.78 Å². The molecule has 4 N–H and O–H groups in total. The van der Waals surface area contributed by atoms with Crippen LogP contribution in [0.25, 0.3) is 0 Å². The molecule has 22 heavy (non-hydrogen) atoms. The second-order valence-corrected chi connectivity index (χ2v) is 4.24. The predicted octanol–water partition coefficient (Wildman–Crippen LogP) is -0.308. The van der Waals surface area contributed by atoms with E-state index in [2.05, 4.69) is 4.74 Å². The second kappa shape index (κ2) is 8.11. The maximum absolute atomic E-state index is 11.7. The Balaban J connectivity index is 2.71. The van der Waals surface area contributed by atoms with E-state index in [-0.39, 0.29) is 13.2 Å². The van der Waals surface area contributed by atoms with Crippen LogP contribution in [0.3, 0.4) is 0 Å². The normalized spacial score (nSPS) is 12.9. The molecular weight excluding hydrogens is 292 g/mol. The van der Waals surface area contributed by atoms with Gasteiger partial charge in [-0.05, 0) is 12.5 Å². The third-order valence-corrected chi connectivity index (χ3v) is 2.66. The number of alkyl carbamates (subject to hydrolysis) is 1. The summed E-state index contributed by atoms with van der Waals surface area (Å²) < 4.78 is 9.39. The molecule has 120 valence electrons. The minimum Gasteiger partial charge on any atom is -0.462 e. The van der Waals surface area contributed by atoms with E-state index < -0.39 is 30.1 Å². The van der Waals surface area contributed by atoms with E-state index in [4.69, 9.17) is 10.5 Å². The Morgan fingerprint density at radius 2 is 1.86 bits per heavy atom. The fourth-order valence-electron chi connectivity index (χ4n) is 1.52. The number of benzene rings is 1. The van der Waals surface area contributed by atoms with Crippen molar-refractivity contribution >= 4 is 17.8 Å². The van der Waals surface area contributed by atoms with Crippen molar-refractivity contribution < 1.29 is 29.0 Å². The van der Waals surface area contributed by atoms with Gasteiger partial charge in [0.1, 0.15) is 6.61 Å². The van der Waals surface area contributed by atoms with Gasteiger partial charge >= 0.3 is 17.8 Å². The Hall–Kier alpha value is -2.45. The Morgan fingerprint density at radius 1 is 1.23 bits per heavy atom. The molecule has 0 saturated carbocycles. The number of hydrogen-bond acceptors (Lipinski definition) is 7. The topological polar surface area (TPSA) is 128 Å². The third kappa shape index (κ3) is 4.54. The van der Waals surface area contributed by atoms with Gasteiger partial charge in [-0.25, -0.2) is 9.59 Å². The van der Waals surface area contributed by atoms with Gasteiger partial charge in [-0.2, -0.15) is 0 Å². The lowest BCUT2D eigenvalue weighted by atomic mass is 10.1. The average molecular weight is 310 g/mol. The Labute approximate surface area is 127 Å². The third-order valence-electron chi connectivity index (χ3n) is 2.66. The van der Waals surface area contributed by atoms with E-state index in [1.165, 1.54) is 6.92 Å². The molecule has 1 amide bonds. The molecule has 0 aliphatic carbocycles. The van der Waals surface area contributed by atoms with Crippen LogP contribution in [0.1, 0.15) is 12.5 Å². The van der Waals surface area contributed by atoms with Gasteiger partial charge in [-0.3, -0.25) is 10.1 Å². The molecule has 0 radical (unpaired) electrons. The highest BCUT2D eigenvalue weighted by atomic mass is 16.6. The molecule has 0 aliphatic heterocycles. The standard InChI is InChI=1S/C14H18N2O6/c1-2-21-12(18)14(20,11(17)8-15)16-13(19)22-9-10-6-4-3-5-7-10/h3-7,20H,2,8-9,15H2,1H3,(H,16,19). The van der Waals surface area contributed by atoms with E-state index >= 15 is 0 Å². The van der Waals surface area contributed by atoms with E-state index in [1.54, 1.807) is 35.6 Å². The fraction of sp³-hybridized carbons (Fsp3) is 0.357. The molecule has 8 heteroatoms. The largest absolute Gasteiger partial charge is 0.462 e. The predicted molar refractivity (Wildman–Crippen MR) is 75.4 cm³/mol. The Kier molecular flexibility index (Phi) is 6.48. The number of ether oxygens (including phenoxy) is 2. The zero-order chi connectivity index (χ0) is 16.6. The number of aliphatic hydroxyl groups is 1. The van der Waals surface area contributed by atoms with E-state index in [9.17, 15) is 19.5 Å². The number of amides is 1. The Morgan fingerprint density at radius 3 is 2.41 bits per heavy atom. The van der Waals surface area contributed by atoms with Crippen LogP contribution < -0.4 is 11.1 Å². The number of nitrogens with two attached hydrogens (primary N) is 1. The molecule has 0 fully saturated rings. The lowest BCUT2D eigenvalue weighted by Gasteiger charge is -2.24. The molecule has 0 spiro atoms. The highest BCUT2D eigenvalue weighted by molar-refractivity contribution is 6.09. The molecule has 1 unspecified atom stereocenters. The summed E-state index contributed by atoms with van der Waals surface area (Å²) in [7, 11) is 0. The van der Waals surface area contributed by atoms with Crippen LogP contribution in [0.4, 0.5) is 4.79 Å². The molecule has 0 aliphatic rings. The van der Waals surface area contributed by atoms with Crippen LogP contribution in [0.15, 0.2) is 30.3 Å². The minimum atomic E-state index is -2.86. The number of nitrogens with one attached hydrogen (secondary N) is 1. The van der Waals surface area contributed by atoms with Crippen molar-refractivity contribution in [3.63, 3.8) is 0 Å². The smallest absolute Gasteiger partial charge is 0.410 e. The molecule has 0 aromatic heterocycles. The van der Waals surface area contributed by atoms with Crippen molar-refractivity contribution in [2.75, 3.05) is 13.2 Å². The number of carbonyl (C=O) groups excluding carboxylic acids is 3. The van der Waals surface area contributed by atoms with Gasteiger partial charge < -0.3 is 20.3 Å². The van der Waals surface area contributed by atoms with Gasteiger partial charge in [0.05, 0.1) is 13.2 Å². The lowest BCUT2D eigenvalue weighted by molar-refractivity contribution is -0.172. The van der Waals surface area contributed by atoms with Gasteiger partial charge in [0.15, 0.2) is 0 Å². The Bertz CT molecular complexity index is 533. The summed E-state index contributed by atoms with van der Waals surface area (Å²) in [4.78, 5) is 34.9. The SMILES string of the molecule is CCOC(=O)C(O)(NC(=O)OCc1ccccc1)C(=O)CN. The molecule has 8 nitrogen and oxygen atoms in total. The number of Topliss-reactive ketones (excluding diaryl/α,β-unsaturated/α-hetero) is 1. The van der Waals surface area contributed by atoms with Crippen molar-refractivity contribution in [1.29, 1.82) is 0 Å². The van der Waals surface area contributed by atoms with Crippen LogP contribution in [0.2, 0.25) is 0 Å². The maximum atomic E-state index is 11.7. The lowest BCUT2D eigenvalue weighted by Crippen LogP contribution is -2.62. The maximum Gasteiger partial charge on any atom is 0.410 e. The highest BCUT2D eigenvalue weighted by Gasteiger charge is 2.46. The molecular formula is C14H18N2O6. The quantitative estimate of drug-likeness (QED) is 0.358. The number of esters is 1. The van der Waals surface area contributed by atoms with E-state index in [0.29, 0.717) is 5.56 Å². The number of hydrogen-bond donors (Lipinski definition) is 3. The molecule has 0 bridgehead atoms. The van der Waals surface area contributed by atoms with Crippen molar-refractivity contribution in [3.8, 4) is 0 Å². The zero-order valence-corrected chi connectivity index (χ0v) is 12.1. The summed E-state index contributed by atoms with van der Waals surface area (Å²) in [5.41, 5.74) is 2.96. The van der Waals surface area contributed by atoms with Gasteiger partial charge in [0.25, 0.3) is 0 Å². The van der Waals surface area contributed by atoms with Gasteiger partial charge in [-0.15, -0.1) is 0 Å². The van der Waals surface area contributed by atoms with Crippen molar-refractivity contribution in [1.82, 2.24) is 5.32 Å². The van der Waals surface area contributed by atoms with Crippen LogP contribution in [0.5, 0.6) is 0 Å².